The van der Waals surface area contributed by atoms with E-state index in [0.717, 1.165) is 33.1 Å². The Morgan fingerprint density at radius 2 is 1.81 bits per heavy atom. The van der Waals surface area contributed by atoms with Gasteiger partial charge in [0.05, 0.1) is 11.2 Å². The number of aryl methyl sites for hydroxylation is 1. The molecule has 4 heteroatoms. The Morgan fingerprint density at radius 1 is 0.962 bits per heavy atom. The Balaban J connectivity index is 1.47. The second kappa shape index (κ2) is 6.84. The smallest absolute Gasteiger partial charge is 0.262 e. The SMILES string of the molecule is Cc1ccc2c(NC(=O)COc3ccc4ccccc4c3)cccc2n1. The van der Waals surface area contributed by atoms with E-state index in [-0.39, 0.29) is 12.5 Å². The molecule has 0 aliphatic carbocycles. The molecule has 0 aliphatic heterocycles. The van der Waals surface area contributed by atoms with E-state index >= 15 is 0 Å². The molecular weight excluding hydrogens is 324 g/mol. The van der Waals surface area contributed by atoms with Gasteiger partial charge in [-0.2, -0.15) is 0 Å². The fourth-order valence-corrected chi connectivity index (χ4v) is 2.96. The molecule has 1 N–H and O–H groups in total. The van der Waals surface area contributed by atoms with Gasteiger partial charge in [-0.05, 0) is 54.1 Å². The number of hydrogen-bond donors (Lipinski definition) is 1. The molecule has 4 nitrogen and oxygen atoms in total. The van der Waals surface area contributed by atoms with Gasteiger partial charge < -0.3 is 10.1 Å². The van der Waals surface area contributed by atoms with Gasteiger partial charge in [0, 0.05) is 11.1 Å². The number of aromatic nitrogens is 1. The third-order valence-electron chi connectivity index (χ3n) is 4.24. The van der Waals surface area contributed by atoms with Crippen molar-refractivity contribution in [3.63, 3.8) is 0 Å². The van der Waals surface area contributed by atoms with Crippen molar-refractivity contribution in [3.8, 4) is 5.75 Å². The number of ether oxygens (including phenoxy) is 1. The molecule has 128 valence electrons. The van der Waals surface area contributed by atoms with Crippen molar-refractivity contribution < 1.29 is 9.53 Å². The van der Waals surface area contributed by atoms with Crippen LogP contribution in [-0.2, 0) is 4.79 Å². The number of fused-ring (bicyclic) bond motifs is 2. The molecule has 0 aliphatic rings. The Kier molecular flexibility index (Phi) is 4.23. The van der Waals surface area contributed by atoms with Crippen LogP contribution in [0.1, 0.15) is 5.69 Å². The second-order valence-corrected chi connectivity index (χ2v) is 6.17. The predicted molar refractivity (Wildman–Crippen MR) is 105 cm³/mol. The van der Waals surface area contributed by atoms with Gasteiger partial charge in [-0.1, -0.05) is 36.4 Å². The first-order chi connectivity index (χ1) is 12.7. The lowest BCUT2D eigenvalue weighted by atomic mass is 10.1. The molecule has 0 fully saturated rings. The second-order valence-electron chi connectivity index (χ2n) is 6.17. The van der Waals surface area contributed by atoms with E-state index < -0.39 is 0 Å². The highest BCUT2D eigenvalue weighted by Crippen LogP contribution is 2.23. The van der Waals surface area contributed by atoms with E-state index in [1.54, 1.807) is 0 Å². The van der Waals surface area contributed by atoms with Gasteiger partial charge in [0.1, 0.15) is 5.75 Å². The molecule has 0 saturated carbocycles. The van der Waals surface area contributed by atoms with Gasteiger partial charge in [0.15, 0.2) is 6.61 Å². The van der Waals surface area contributed by atoms with Crippen LogP contribution >= 0.6 is 0 Å². The summed E-state index contributed by atoms with van der Waals surface area (Å²) in [5.74, 6) is 0.472. The lowest BCUT2D eigenvalue weighted by Gasteiger charge is -2.10. The average Bonchev–Trinajstić information content (AvgIpc) is 2.66. The summed E-state index contributed by atoms with van der Waals surface area (Å²) >= 11 is 0. The molecule has 0 unspecified atom stereocenters. The van der Waals surface area contributed by atoms with Crippen LogP contribution in [0.5, 0.6) is 5.75 Å². The molecule has 1 aromatic heterocycles. The van der Waals surface area contributed by atoms with Crippen LogP contribution in [0.4, 0.5) is 5.69 Å². The lowest BCUT2D eigenvalue weighted by Crippen LogP contribution is -2.20. The summed E-state index contributed by atoms with van der Waals surface area (Å²) in [7, 11) is 0. The highest BCUT2D eigenvalue weighted by Gasteiger charge is 2.08. The quantitative estimate of drug-likeness (QED) is 0.584. The molecule has 1 amide bonds. The maximum Gasteiger partial charge on any atom is 0.262 e. The zero-order valence-corrected chi connectivity index (χ0v) is 14.4. The number of nitrogens with zero attached hydrogens (tertiary/aromatic N) is 1. The van der Waals surface area contributed by atoms with Crippen molar-refractivity contribution in [2.24, 2.45) is 0 Å². The minimum absolute atomic E-state index is 0.0476. The molecule has 0 bridgehead atoms. The van der Waals surface area contributed by atoms with Crippen molar-refractivity contribution in [3.05, 3.63) is 78.5 Å². The van der Waals surface area contributed by atoms with Crippen LogP contribution < -0.4 is 10.1 Å². The van der Waals surface area contributed by atoms with Crippen LogP contribution in [0.15, 0.2) is 72.8 Å². The van der Waals surface area contributed by atoms with E-state index in [4.69, 9.17) is 4.74 Å². The molecule has 0 spiro atoms. The number of rotatable bonds is 4. The Hall–Kier alpha value is -3.40. The molecule has 3 aromatic carbocycles. The minimum Gasteiger partial charge on any atom is -0.484 e. The fraction of sp³-hybridized carbons (Fsp3) is 0.0909. The number of benzene rings is 3. The number of carbonyl (C=O) groups excluding carboxylic acids is 1. The van der Waals surface area contributed by atoms with E-state index in [1.807, 2.05) is 79.7 Å². The molecule has 4 rings (SSSR count). The summed E-state index contributed by atoms with van der Waals surface area (Å²) in [5, 5.41) is 6.05. The van der Waals surface area contributed by atoms with E-state index in [9.17, 15) is 4.79 Å². The monoisotopic (exact) mass is 342 g/mol. The fourth-order valence-electron chi connectivity index (χ4n) is 2.96. The summed E-state index contributed by atoms with van der Waals surface area (Å²) in [4.78, 5) is 16.8. The average molecular weight is 342 g/mol. The standard InChI is InChI=1S/C22H18N2O2/c1-15-9-12-19-20(23-15)7-4-8-21(19)24-22(25)14-26-18-11-10-16-5-2-3-6-17(16)13-18/h2-13H,14H2,1H3,(H,24,25). The zero-order valence-electron chi connectivity index (χ0n) is 14.4. The van der Waals surface area contributed by atoms with Crippen molar-refractivity contribution >= 4 is 33.3 Å². The predicted octanol–water partition coefficient (Wildman–Crippen LogP) is 4.71. The van der Waals surface area contributed by atoms with E-state index in [0.29, 0.717) is 5.75 Å². The van der Waals surface area contributed by atoms with Crippen LogP contribution in [0.25, 0.3) is 21.7 Å². The van der Waals surface area contributed by atoms with Crippen LogP contribution in [0.2, 0.25) is 0 Å². The largest absolute Gasteiger partial charge is 0.484 e. The van der Waals surface area contributed by atoms with Gasteiger partial charge >= 0.3 is 0 Å². The number of hydrogen-bond acceptors (Lipinski definition) is 3. The van der Waals surface area contributed by atoms with E-state index in [2.05, 4.69) is 10.3 Å². The molecular formula is C22H18N2O2. The van der Waals surface area contributed by atoms with Crippen molar-refractivity contribution in [1.82, 2.24) is 4.98 Å². The highest BCUT2D eigenvalue weighted by molar-refractivity contribution is 6.01. The Morgan fingerprint density at radius 3 is 2.69 bits per heavy atom. The van der Waals surface area contributed by atoms with Crippen LogP contribution in [0, 0.1) is 6.92 Å². The van der Waals surface area contributed by atoms with Gasteiger partial charge in [0.25, 0.3) is 5.91 Å². The van der Waals surface area contributed by atoms with Crippen LogP contribution in [-0.4, -0.2) is 17.5 Å². The normalized spacial score (nSPS) is 10.8. The van der Waals surface area contributed by atoms with Crippen molar-refractivity contribution in [1.29, 1.82) is 0 Å². The molecule has 26 heavy (non-hydrogen) atoms. The molecule has 1 heterocycles. The summed E-state index contributed by atoms with van der Waals surface area (Å²) < 4.78 is 5.65. The number of carbonyl (C=O) groups is 1. The van der Waals surface area contributed by atoms with Crippen molar-refractivity contribution in [2.75, 3.05) is 11.9 Å². The summed E-state index contributed by atoms with van der Waals surface area (Å²) in [6.45, 7) is 1.90. The third-order valence-corrected chi connectivity index (χ3v) is 4.24. The topological polar surface area (TPSA) is 51.2 Å². The first-order valence-corrected chi connectivity index (χ1v) is 8.47. The van der Waals surface area contributed by atoms with Gasteiger partial charge in [0.2, 0.25) is 0 Å². The maximum absolute atomic E-state index is 12.3. The molecule has 4 aromatic rings. The number of nitrogens with one attached hydrogen (secondary N) is 1. The number of pyridine rings is 1. The first kappa shape index (κ1) is 16.1. The Labute approximate surface area is 151 Å². The van der Waals surface area contributed by atoms with E-state index in [1.165, 1.54) is 0 Å². The van der Waals surface area contributed by atoms with Crippen molar-refractivity contribution in [2.45, 2.75) is 6.92 Å². The number of anilines is 1. The maximum atomic E-state index is 12.3. The first-order valence-electron chi connectivity index (χ1n) is 8.47. The van der Waals surface area contributed by atoms with Gasteiger partial charge in [-0.15, -0.1) is 0 Å². The number of amides is 1. The van der Waals surface area contributed by atoms with Crippen LogP contribution in [0.3, 0.4) is 0 Å². The molecule has 0 radical (unpaired) electrons. The summed E-state index contributed by atoms with van der Waals surface area (Å²) in [5.41, 5.74) is 2.54. The minimum atomic E-state index is -0.203. The lowest BCUT2D eigenvalue weighted by molar-refractivity contribution is -0.118. The molecule has 0 saturated heterocycles. The highest BCUT2D eigenvalue weighted by atomic mass is 16.5. The summed E-state index contributed by atoms with van der Waals surface area (Å²) in [6, 6.07) is 23.4. The molecule has 0 atom stereocenters. The Bertz CT molecular complexity index is 1110. The third kappa shape index (κ3) is 3.35. The summed E-state index contributed by atoms with van der Waals surface area (Å²) in [6.07, 6.45) is 0. The zero-order chi connectivity index (χ0) is 17.9. The van der Waals surface area contributed by atoms with Gasteiger partial charge in [-0.25, -0.2) is 0 Å². The van der Waals surface area contributed by atoms with Gasteiger partial charge in [-0.3, -0.25) is 9.78 Å².